The second-order valence-corrected chi connectivity index (χ2v) is 45.7. The van der Waals surface area contributed by atoms with E-state index in [1.807, 2.05) is 22.3 Å². The Kier molecular flexibility index (Phi) is 34.9. The van der Waals surface area contributed by atoms with Gasteiger partial charge in [0, 0.05) is 0 Å². The Hall–Kier alpha value is -1.84. The van der Waals surface area contributed by atoms with E-state index in [1.54, 1.807) is 47.2 Å². The van der Waals surface area contributed by atoms with E-state index in [1.165, 1.54) is 161 Å². The first-order valence-electron chi connectivity index (χ1n) is 34.8. The van der Waals surface area contributed by atoms with Crippen molar-refractivity contribution in [3.63, 3.8) is 0 Å². The molecule has 0 heterocycles. The van der Waals surface area contributed by atoms with Crippen LogP contribution in [0.15, 0.2) is 162 Å². The van der Waals surface area contributed by atoms with Gasteiger partial charge in [-0.1, -0.05) is 223 Å². The zero-order chi connectivity index (χ0) is 65.1. The van der Waals surface area contributed by atoms with Gasteiger partial charge in [-0.2, -0.15) is 13.8 Å². The van der Waals surface area contributed by atoms with Gasteiger partial charge in [-0.05, 0) is 253 Å². The SMILES string of the molecule is CC1Cc2c(-c3cccc4ccccc34)cccc2[C@@H]1[Si](C)(C)C1C2=C(CCCC2)C[C@H]1C.CC1Cc2c(-c3ccccc3)cccc2[C@@H]1[Si](C)(C)C1C2=C(CCCC2)C[C@H]1C.C[C@H]1C=CCCC1.Cc1cccc2c1CCCC2.[CH2-]C.[CH2-]C.[CH3-].[CH3-].[Cl][Zr+2][Cl].[Cl][Zr+2][Cl]. The fraction of sp³-hybridized carbons (Fsp3) is 0.476. The van der Waals surface area contributed by atoms with Crippen LogP contribution in [0.3, 0.4) is 0 Å². The molecule has 0 saturated heterocycles. The molecule has 0 saturated carbocycles. The van der Waals surface area contributed by atoms with Crippen LogP contribution in [0.5, 0.6) is 0 Å². The van der Waals surface area contributed by atoms with Crippen LogP contribution in [-0.4, -0.2) is 16.1 Å². The summed E-state index contributed by atoms with van der Waals surface area (Å²) in [5, 5.41) is 2.74. The number of benzene rings is 6. The minimum atomic E-state index is -1.56. The molecule has 0 amide bonds. The monoisotopic (exact) mass is 1500 g/mol. The Labute approximate surface area is 603 Å². The summed E-state index contributed by atoms with van der Waals surface area (Å²) in [5.41, 5.74) is 28.1. The first kappa shape index (κ1) is 80.8. The van der Waals surface area contributed by atoms with Crippen molar-refractivity contribution in [1.29, 1.82) is 0 Å². The first-order chi connectivity index (χ1) is 43.5. The number of aryl methyl sites for hydroxylation is 2. The molecule has 6 aromatic carbocycles. The molecule has 0 aliphatic heterocycles. The summed E-state index contributed by atoms with van der Waals surface area (Å²) in [4.78, 5) is 0. The molecule has 496 valence electrons. The maximum absolute atomic E-state index is 4.93. The Bertz CT molecular complexity index is 3300. The summed E-state index contributed by atoms with van der Waals surface area (Å²) in [7, 11) is 16.7. The topological polar surface area (TPSA) is 0 Å². The van der Waals surface area contributed by atoms with E-state index in [0.717, 1.165) is 51.8 Å². The van der Waals surface area contributed by atoms with Crippen molar-refractivity contribution in [1.82, 2.24) is 0 Å². The first-order valence-corrected chi connectivity index (χ1v) is 53.8. The summed E-state index contributed by atoms with van der Waals surface area (Å²) in [6, 6.07) is 47.9. The van der Waals surface area contributed by atoms with Crippen molar-refractivity contribution in [2.45, 2.75) is 226 Å². The zero-order valence-corrected chi connectivity index (χ0v) is 69.3. The molecule has 0 radical (unpaired) electrons. The summed E-state index contributed by atoms with van der Waals surface area (Å²) in [6.07, 6.45) is 30.7. The van der Waals surface area contributed by atoms with Crippen LogP contribution < -0.4 is 0 Å². The van der Waals surface area contributed by atoms with E-state index in [9.17, 15) is 0 Å². The number of allylic oxidation sites excluding steroid dienone is 6. The third-order valence-corrected chi connectivity index (χ3v) is 32.1. The van der Waals surface area contributed by atoms with Crippen molar-refractivity contribution in [2.24, 2.45) is 29.6 Å². The molecule has 4 unspecified atom stereocenters. The third-order valence-electron chi connectivity index (χ3n) is 22.1. The van der Waals surface area contributed by atoms with E-state index in [4.69, 9.17) is 34.1 Å². The van der Waals surface area contributed by atoms with Gasteiger partial charge in [0.25, 0.3) is 0 Å². The second kappa shape index (κ2) is 39.7. The molecule has 0 nitrogen and oxygen atoms in total. The van der Waals surface area contributed by atoms with Crippen LogP contribution >= 0.6 is 34.1 Å². The normalized spacial score (nSPS) is 23.5. The molecular weight excluding hydrogens is 1390 g/mol. The standard InChI is InChI=1S/C32H38Si.C28H36Si.C11H14.C7H12.2C2H5.2CH3.4ClH.2Zr/c1-21-19-24-12-6-8-15-26(24)31(21)33(3,4)32-22(2)20-30-28(17-10-18-29(30)32)27-16-9-13-23-11-5-7-14-25(23)27;1-19-17-22-13-8-9-14-24(22)27(19)29(3,4)28-20(2)18-26-23(15-10-16-25(26)28)21-11-6-5-7-12-21;1-9-5-4-7-10-6-2-3-8-11(9)10;1-7-5-3-2-4-6-7;2*1-2;;;;;;;;/h5,7,9-11,13-14,16-18,21-22,31-32H,6,8,12,15,19-20H2,1-4H3;5-7,10-12,15-16,19-20,27-28H,8-9,13-14,17-18H2,1-4H3;4-5,7H,2-3,6,8H2,1H3;3,5,7H,2,4,6H2,1H3;2*1H2,2H3;2*1H3;4*1H;;/q;;;;4*-1;;;;;2*+4/p-4/t21-,22?,31?,32-;19-,20?,27?,28-;;7-;;;;;;;;;;/m11.0........../s1. The fourth-order valence-electron chi connectivity index (χ4n) is 19.2. The molecule has 8 aliphatic carbocycles. The van der Waals surface area contributed by atoms with E-state index in [0.29, 0.717) is 0 Å². The van der Waals surface area contributed by atoms with Crippen LogP contribution in [0.1, 0.15) is 195 Å². The predicted octanol–water partition coefficient (Wildman–Crippen LogP) is 28.0. The summed E-state index contributed by atoms with van der Waals surface area (Å²) in [5.74, 6) is 4.10. The van der Waals surface area contributed by atoms with Crippen molar-refractivity contribution >= 4 is 61.0 Å². The van der Waals surface area contributed by atoms with E-state index < -0.39 is 57.8 Å². The molecule has 8 aliphatic rings. The Morgan fingerprint density at radius 3 is 1.37 bits per heavy atom. The molecule has 8 heteroatoms. The van der Waals surface area contributed by atoms with Gasteiger partial charge >= 0.3 is 75.7 Å². The molecule has 0 fully saturated rings. The Morgan fingerprint density at radius 1 is 0.424 bits per heavy atom. The van der Waals surface area contributed by atoms with Crippen LogP contribution in [0.2, 0.25) is 37.3 Å². The zero-order valence-electron chi connectivity index (χ0n) is 59.3. The fourth-order valence-corrected chi connectivity index (χ4v) is 31.0. The second-order valence-electron chi connectivity index (χ2n) is 28.5. The van der Waals surface area contributed by atoms with Crippen LogP contribution in [0, 0.1) is 65.2 Å². The van der Waals surface area contributed by atoms with Crippen LogP contribution in [0.25, 0.3) is 33.0 Å². The van der Waals surface area contributed by atoms with Crippen LogP contribution in [-0.2, 0) is 67.4 Å². The van der Waals surface area contributed by atoms with Crippen molar-refractivity contribution in [3.8, 4) is 22.3 Å². The van der Waals surface area contributed by atoms with E-state index in [-0.39, 0.29) is 14.9 Å². The molecule has 6 aromatic rings. The molecule has 9 atom stereocenters. The average molecular weight is 1510 g/mol. The number of hydrogen-bond acceptors (Lipinski definition) is 0. The van der Waals surface area contributed by atoms with Gasteiger partial charge in [-0.25, -0.2) is 0 Å². The van der Waals surface area contributed by atoms with Gasteiger partial charge in [-0.3, -0.25) is 0 Å². The molecule has 0 aromatic heterocycles. The van der Waals surface area contributed by atoms with Gasteiger partial charge < -0.3 is 28.7 Å². The number of fused-ring (bicyclic) bond motifs is 4. The van der Waals surface area contributed by atoms with Crippen LogP contribution in [0.4, 0.5) is 0 Å². The van der Waals surface area contributed by atoms with Gasteiger partial charge in [0.05, 0.1) is 16.1 Å². The molecule has 0 spiro atoms. The molecular formula is C84H116Cl4Si2Zr2. The number of hydrogen-bond donors (Lipinski definition) is 0. The number of halogens is 4. The van der Waals surface area contributed by atoms with Gasteiger partial charge in [-0.15, -0.1) is 0 Å². The quantitative estimate of drug-likeness (QED) is 0.0886. The van der Waals surface area contributed by atoms with E-state index >= 15 is 0 Å². The molecule has 92 heavy (non-hydrogen) atoms. The average Bonchev–Trinajstić information content (AvgIpc) is 1.57. The van der Waals surface area contributed by atoms with E-state index in [2.05, 4.69) is 221 Å². The third kappa shape index (κ3) is 19.3. The maximum atomic E-state index is 4.93. The molecule has 14 rings (SSSR count). The van der Waals surface area contributed by atoms with Gasteiger partial charge in [0.15, 0.2) is 0 Å². The summed E-state index contributed by atoms with van der Waals surface area (Å²) < 4.78 is 0. The van der Waals surface area contributed by atoms with Gasteiger partial charge in [0.2, 0.25) is 0 Å². The number of rotatable bonds is 6. The van der Waals surface area contributed by atoms with Crippen molar-refractivity contribution in [3.05, 3.63) is 229 Å². The predicted molar refractivity (Wildman–Crippen MR) is 412 cm³/mol. The minimum absolute atomic E-state index is 0. The van der Waals surface area contributed by atoms with Crippen molar-refractivity contribution in [2.75, 3.05) is 0 Å². The summed E-state index contributed by atoms with van der Waals surface area (Å²) >= 11 is -1.65. The molecule has 0 bridgehead atoms. The molecule has 0 N–H and O–H groups in total. The van der Waals surface area contributed by atoms with Crippen molar-refractivity contribution < 1.29 is 41.7 Å². The Morgan fingerprint density at radius 2 is 0.859 bits per heavy atom. The van der Waals surface area contributed by atoms with Gasteiger partial charge in [0.1, 0.15) is 0 Å². The Balaban J connectivity index is 0.000000234. The summed E-state index contributed by atoms with van der Waals surface area (Å²) in [6.45, 7) is 35.7.